The van der Waals surface area contributed by atoms with E-state index in [0.717, 1.165) is 5.69 Å². The molecule has 0 saturated carbocycles. The van der Waals surface area contributed by atoms with E-state index in [1.54, 1.807) is 11.9 Å². The Bertz CT molecular complexity index is 477. The minimum atomic E-state index is -0.0930. The maximum absolute atomic E-state index is 12.4. The van der Waals surface area contributed by atoms with Gasteiger partial charge in [-0.15, -0.1) is 0 Å². The van der Waals surface area contributed by atoms with Crippen molar-refractivity contribution in [1.82, 2.24) is 4.90 Å². The summed E-state index contributed by atoms with van der Waals surface area (Å²) in [6, 6.07) is 9.72. The van der Waals surface area contributed by atoms with Crippen LogP contribution >= 0.6 is 0 Å². The van der Waals surface area contributed by atoms with E-state index in [1.807, 2.05) is 45.0 Å². The molecule has 0 aliphatic rings. The van der Waals surface area contributed by atoms with Crippen LogP contribution in [0.15, 0.2) is 24.3 Å². The predicted molar refractivity (Wildman–Crippen MR) is 77.0 cm³/mol. The molecule has 0 aliphatic carbocycles. The molecule has 0 aromatic heterocycles. The van der Waals surface area contributed by atoms with Crippen LogP contribution in [-0.2, 0) is 0 Å². The summed E-state index contributed by atoms with van der Waals surface area (Å²) in [7, 11) is 1.73. The zero-order valence-corrected chi connectivity index (χ0v) is 12.0. The first-order valence-corrected chi connectivity index (χ1v) is 6.47. The van der Waals surface area contributed by atoms with Gasteiger partial charge in [0, 0.05) is 24.8 Å². The lowest BCUT2D eigenvalue weighted by Crippen LogP contribution is -2.35. The molecule has 19 heavy (non-hydrogen) atoms. The lowest BCUT2D eigenvalue weighted by molar-refractivity contribution is 0.0747. The maximum atomic E-state index is 12.4. The summed E-state index contributed by atoms with van der Waals surface area (Å²) >= 11 is 0. The number of carbonyl (C=O) groups is 1. The molecule has 1 N–H and O–H groups in total. The smallest absolute Gasteiger partial charge is 0.255 e. The molecular weight excluding hydrogens is 238 g/mol. The van der Waals surface area contributed by atoms with Crippen LogP contribution < -0.4 is 5.32 Å². The van der Waals surface area contributed by atoms with Gasteiger partial charge in [0.15, 0.2) is 0 Å². The molecule has 1 rings (SSSR count). The number of carbonyl (C=O) groups excluding carboxylic acids is 1. The number of anilines is 1. The maximum Gasteiger partial charge on any atom is 0.255 e. The third-order valence-electron chi connectivity index (χ3n) is 2.97. The van der Waals surface area contributed by atoms with Gasteiger partial charge in [0.1, 0.15) is 0 Å². The Morgan fingerprint density at radius 1 is 1.37 bits per heavy atom. The van der Waals surface area contributed by atoms with Gasteiger partial charge in [0.25, 0.3) is 5.91 Å². The second-order valence-corrected chi connectivity index (χ2v) is 4.97. The first-order chi connectivity index (χ1) is 8.97. The van der Waals surface area contributed by atoms with Gasteiger partial charge in [0.2, 0.25) is 0 Å². The third kappa shape index (κ3) is 3.99. The number of para-hydroxylation sites is 1. The summed E-state index contributed by atoms with van der Waals surface area (Å²) in [5, 5.41) is 12.0. The number of nitrogens with one attached hydrogen (secondary N) is 1. The molecule has 1 unspecified atom stereocenters. The third-order valence-corrected chi connectivity index (χ3v) is 2.97. The summed E-state index contributed by atoms with van der Waals surface area (Å²) in [6.45, 7) is 5.94. The molecule has 102 valence electrons. The van der Waals surface area contributed by atoms with Gasteiger partial charge in [-0.25, -0.2) is 0 Å². The number of hydrogen-bond acceptors (Lipinski definition) is 3. The lowest BCUT2D eigenvalue weighted by Gasteiger charge is -2.24. The van der Waals surface area contributed by atoms with Gasteiger partial charge in [0.05, 0.1) is 18.1 Å². The molecule has 0 radical (unpaired) electrons. The van der Waals surface area contributed by atoms with E-state index >= 15 is 0 Å². The summed E-state index contributed by atoms with van der Waals surface area (Å²) in [4.78, 5) is 14.1. The highest BCUT2D eigenvalue weighted by atomic mass is 16.2. The molecule has 1 amide bonds. The molecule has 1 atom stereocenters. The molecule has 0 spiro atoms. The second-order valence-electron chi connectivity index (χ2n) is 4.97. The fourth-order valence-corrected chi connectivity index (χ4v) is 1.77. The minimum absolute atomic E-state index is 0.0634. The monoisotopic (exact) mass is 259 g/mol. The van der Waals surface area contributed by atoms with Crippen molar-refractivity contribution in [2.75, 3.05) is 12.4 Å². The fourth-order valence-electron chi connectivity index (χ4n) is 1.77. The van der Waals surface area contributed by atoms with E-state index in [9.17, 15) is 4.79 Å². The van der Waals surface area contributed by atoms with Crippen LogP contribution in [0.4, 0.5) is 5.69 Å². The number of hydrogen-bond donors (Lipinski definition) is 1. The van der Waals surface area contributed by atoms with E-state index in [0.29, 0.717) is 12.0 Å². The van der Waals surface area contributed by atoms with Gasteiger partial charge in [-0.3, -0.25) is 4.79 Å². The molecule has 0 fully saturated rings. The topological polar surface area (TPSA) is 56.1 Å². The summed E-state index contributed by atoms with van der Waals surface area (Å²) in [5.41, 5.74) is 1.47. The first kappa shape index (κ1) is 15.0. The molecular formula is C15H21N3O. The zero-order chi connectivity index (χ0) is 14.4. The molecule has 4 heteroatoms. The Hall–Kier alpha value is -2.02. The average molecular weight is 259 g/mol. The van der Waals surface area contributed by atoms with E-state index in [2.05, 4.69) is 11.4 Å². The molecule has 1 aromatic carbocycles. The Kier molecular flexibility index (Phi) is 5.37. The van der Waals surface area contributed by atoms with Gasteiger partial charge in [-0.2, -0.15) is 5.26 Å². The van der Waals surface area contributed by atoms with E-state index in [4.69, 9.17) is 5.26 Å². The summed E-state index contributed by atoms with van der Waals surface area (Å²) in [5.74, 6) is -0.0634. The van der Waals surface area contributed by atoms with Crippen molar-refractivity contribution in [3.05, 3.63) is 29.8 Å². The van der Waals surface area contributed by atoms with Crippen molar-refractivity contribution < 1.29 is 4.79 Å². The van der Waals surface area contributed by atoms with Crippen molar-refractivity contribution in [2.24, 2.45) is 0 Å². The highest BCUT2D eigenvalue weighted by Crippen LogP contribution is 2.19. The van der Waals surface area contributed by atoms with Crippen LogP contribution in [0.2, 0.25) is 0 Å². The van der Waals surface area contributed by atoms with Crippen LogP contribution in [0.1, 0.15) is 37.6 Å². The molecule has 0 heterocycles. The predicted octanol–water partition coefficient (Wildman–Crippen LogP) is 2.88. The largest absolute Gasteiger partial charge is 0.382 e. The fraction of sp³-hybridized carbons (Fsp3) is 0.467. The van der Waals surface area contributed by atoms with Gasteiger partial charge >= 0.3 is 0 Å². The zero-order valence-electron chi connectivity index (χ0n) is 12.0. The number of benzene rings is 1. The lowest BCUT2D eigenvalue weighted by atomic mass is 10.1. The van der Waals surface area contributed by atoms with E-state index in [1.165, 1.54) is 0 Å². The average Bonchev–Trinajstić information content (AvgIpc) is 2.37. The Balaban J connectivity index is 2.96. The van der Waals surface area contributed by atoms with Crippen molar-refractivity contribution >= 4 is 11.6 Å². The van der Waals surface area contributed by atoms with Crippen LogP contribution in [0.5, 0.6) is 0 Å². The quantitative estimate of drug-likeness (QED) is 0.884. The second kappa shape index (κ2) is 6.79. The van der Waals surface area contributed by atoms with Crippen molar-refractivity contribution in [3.63, 3.8) is 0 Å². The Morgan fingerprint density at radius 3 is 2.58 bits per heavy atom. The minimum Gasteiger partial charge on any atom is -0.382 e. The number of amides is 1. The standard InChI is InChI=1S/C15H21N3O/c1-11(2)17-14-8-6-5-7-13(14)15(19)18(4)12(3)9-10-16/h5-8,11-12,17H,9H2,1-4H3. The molecule has 1 aromatic rings. The molecule has 0 aliphatic heterocycles. The summed E-state index contributed by atoms with van der Waals surface area (Å²) < 4.78 is 0. The number of nitrogens with zero attached hydrogens (tertiary/aromatic N) is 2. The number of rotatable bonds is 5. The molecule has 0 bridgehead atoms. The van der Waals surface area contributed by atoms with Crippen molar-refractivity contribution in [3.8, 4) is 6.07 Å². The van der Waals surface area contributed by atoms with E-state index in [-0.39, 0.29) is 18.0 Å². The molecule has 0 saturated heterocycles. The van der Waals surface area contributed by atoms with Crippen LogP contribution in [-0.4, -0.2) is 29.9 Å². The first-order valence-electron chi connectivity index (χ1n) is 6.47. The van der Waals surface area contributed by atoms with Crippen LogP contribution in [0, 0.1) is 11.3 Å². The Labute approximate surface area is 115 Å². The SMILES string of the molecule is CC(C)Nc1ccccc1C(=O)N(C)C(C)CC#N. The highest BCUT2D eigenvalue weighted by molar-refractivity contribution is 5.99. The normalized spacial score (nSPS) is 11.8. The van der Waals surface area contributed by atoms with Crippen molar-refractivity contribution in [2.45, 2.75) is 39.3 Å². The van der Waals surface area contributed by atoms with E-state index < -0.39 is 0 Å². The van der Waals surface area contributed by atoms with Gasteiger partial charge in [-0.1, -0.05) is 12.1 Å². The van der Waals surface area contributed by atoms with Crippen molar-refractivity contribution in [1.29, 1.82) is 5.26 Å². The van der Waals surface area contributed by atoms with Gasteiger partial charge in [-0.05, 0) is 32.9 Å². The Morgan fingerprint density at radius 2 is 2.00 bits per heavy atom. The van der Waals surface area contributed by atoms with Gasteiger partial charge < -0.3 is 10.2 Å². The highest BCUT2D eigenvalue weighted by Gasteiger charge is 2.19. The summed E-state index contributed by atoms with van der Waals surface area (Å²) in [6.07, 6.45) is 0.335. The van der Waals surface area contributed by atoms with Crippen LogP contribution in [0.3, 0.4) is 0 Å². The van der Waals surface area contributed by atoms with Crippen LogP contribution in [0.25, 0.3) is 0 Å². The number of nitriles is 1. The molecule has 4 nitrogen and oxygen atoms in total.